The van der Waals surface area contributed by atoms with Crippen molar-refractivity contribution in [1.29, 1.82) is 0 Å². The first-order valence-corrected chi connectivity index (χ1v) is 9.34. The quantitative estimate of drug-likeness (QED) is 0.372. The normalized spacial score (nSPS) is 15.0. The van der Waals surface area contributed by atoms with Crippen molar-refractivity contribution in [3.8, 4) is 5.69 Å². The molecule has 2 heterocycles. The van der Waals surface area contributed by atoms with Crippen LogP contribution in [0.4, 0.5) is 11.4 Å². The van der Waals surface area contributed by atoms with Gasteiger partial charge >= 0.3 is 0 Å². The number of para-hydroxylation sites is 1. The van der Waals surface area contributed by atoms with Gasteiger partial charge in [-0.05, 0) is 45.0 Å². The minimum atomic E-state index is -0.437. The summed E-state index contributed by atoms with van der Waals surface area (Å²) in [7, 11) is 0. The van der Waals surface area contributed by atoms with E-state index in [4.69, 9.17) is 0 Å². The number of amides is 1. The maximum absolute atomic E-state index is 13.0. The smallest absolute Gasteiger partial charge is 0.267 e. The highest BCUT2D eigenvalue weighted by atomic mass is 16.6. The zero-order valence-corrected chi connectivity index (χ0v) is 16.7. The molecule has 1 aliphatic heterocycles. The number of aromatic nitrogens is 2. The summed E-state index contributed by atoms with van der Waals surface area (Å²) in [5.74, 6) is -0.208. The molecule has 0 aliphatic carbocycles. The van der Waals surface area contributed by atoms with Crippen LogP contribution >= 0.6 is 0 Å². The summed E-state index contributed by atoms with van der Waals surface area (Å²) in [6, 6.07) is 15.5. The number of carbonyl (C=O) groups is 1. The van der Waals surface area contributed by atoms with Gasteiger partial charge < -0.3 is 0 Å². The molecule has 1 aliphatic rings. The molecule has 0 spiro atoms. The lowest BCUT2D eigenvalue weighted by molar-refractivity contribution is -0.384. The highest BCUT2D eigenvalue weighted by Crippen LogP contribution is 2.27. The Bertz CT molecular complexity index is 1220. The number of carbonyl (C=O) groups excluding carboxylic acids is 1. The summed E-state index contributed by atoms with van der Waals surface area (Å²) < 4.78 is 1.65. The predicted molar refractivity (Wildman–Crippen MR) is 115 cm³/mol. The molecule has 0 N–H and O–H groups in total. The number of hydrogen-bond donors (Lipinski definition) is 0. The van der Waals surface area contributed by atoms with Crippen molar-refractivity contribution in [2.24, 2.45) is 5.10 Å². The van der Waals surface area contributed by atoms with Crippen LogP contribution in [0.2, 0.25) is 0 Å². The molecule has 0 atom stereocenters. The van der Waals surface area contributed by atoms with Crippen LogP contribution in [-0.4, -0.2) is 26.3 Å². The Balaban J connectivity index is 1.73. The Morgan fingerprint density at radius 2 is 1.70 bits per heavy atom. The fourth-order valence-electron chi connectivity index (χ4n) is 3.43. The van der Waals surface area contributed by atoms with E-state index in [-0.39, 0.29) is 11.6 Å². The summed E-state index contributed by atoms with van der Waals surface area (Å²) in [5.41, 5.74) is 4.66. The molecule has 1 amide bonds. The summed E-state index contributed by atoms with van der Waals surface area (Å²) in [6.07, 6.45) is 1.79. The molecule has 4 rings (SSSR count). The van der Waals surface area contributed by atoms with Gasteiger partial charge in [0, 0.05) is 23.4 Å². The summed E-state index contributed by atoms with van der Waals surface area (Å²) in [4.78, 5) is 23.6. The third-order valence-corrected chi connectivity index (χ3v) is 4.98. The van der Waals surface area contributed by atoms with Crippen LogP contribution in [0.5, 0.6) is 0 Å². The maximum Gasteiger partial charge on any atom is 0.280 e. The van der Waals surface area contributed by atoms with Crippen LogP contribution in [0.3, 0.4) is 0 Å². The number of hydrogen-bond acceptors (Lipinski definition) is 5. The Morgan fingerprint density at radius 3 is 2.40 bits per heavy atom. The van der Waals surface area contributed by atoms with Crippen LogP contribution in [-0.2, 0) is 4.79 Å². The highest BCUT2D eigenvalue weighted by Gasteiger charge is 2.29. The first-order valence-electron chi connectivity index (χ1n) is 9.34. The molecule has 0 fully saturated rings. The Labute approximate surface area is 172 Å². The van der Waals surface area contributed by atoms with Gasteiger partial charge in [-0.15, -0.1) is 0 Å². The maximum atomic E-state index is 13.0. The monoisotopic (exact) mass is 401 g/mol. The average molecular weight is 401 g/mol. The first-order chi connectivity index (χ1) is 14.4. The van der Waals surface area contributed by atoms with Gasteiger partial charge in [0.05, 0.1) is 33.3 Å². The standard InChI is InChI=1S/C22H19N5O3/c1-14-20(16(3)25(23-14)18-10-7-11-19(12-18)27(29)30)13-21-15(2)24-26(22(21)28)17-8-5-4-6-9-17/h4-13H,1-3H3/b21-13-. The Kier molecular flexibility index (Phi) is 4.75. The number of hydrazone groups is 1. The number of non-ortho nitro benzene ring substituents is 1. The summed E-state index contributed by atoms with van der Waals surface area (Å²) in [5, 5.41) is 21.4. The molecule has 0 bridgehead atoms. The zero-order valence-electron chi connectivity index (χ0n) is 16.7. The number of anilines is 1. The Hall–Kier alpha value is -4.07. The van der Waals surface area contributed by atoms with Gasteiger partial charge in [-0.2, -0.15) is 15.2 Å². The van der Waals surface area contributed by atoms with Gasteiger partial charge in [0.1, 0.15) is 0 Å². The Morgan fingerprint density at radius 1 is 1.00 bits per heavy atom. The van der Waals surface area contributed by atoms with Crippen LogP contribution in [0.15, 0.2) is 65.3 Å². The van der Waals surface area contributed by atoms with E-state index in [9.17, 15) is 14.9 Å². The van der Waals surface area contributed by atoms with Crippen LogP contribution in [0, 0.1) is 24.0 Å². The molecule has 0 saturated carbocycles. The molecule has 3 aromatic rings. The van der Waals surface area contributed by atoms with Crippen molar-refractivity contribution in [1.82, 2.24) is 9.78 Å². The van der Waals surface area contributed by atoms with Crippen molar-refractivity contribution >= 4 is 29.1 Å². The highest BCUT2D eigenvalue weighted by molar-refractivity contribution is 6.32. The van der Waals surface area contributed by atoms with Crippen LogP contribution in [0.25, 0.3) is 11.8 Å². The lowest BCUT2D eigenvalue weighted by Gasteiger charge is -2.11. The molecule has 0 radical (unpaired) electrons. The van der Waals surface area contributed by atoms with Crippen molar-refractivity contribution < 1.29 is 9.72 Å². The number of nitro benzene ring substituents is 1. The van der Waals surface area contributed by atoms with Gasteiger partial charge in [0.25, 0.3) is 11.6 Å². The predicted octanol–water partition coefficient (Wildman–Crippen LogP) is 4.20. The molecule has 0 unspecified atom stereocenters. The number of nitro groups is 1. The van der Waals surface area contributed by atoms with E-state index in [1.807, 2.05) is 44.2 Å². The molecule has 150 valence electrons. The second-order valence-electron chi connectivity index (χ2n) is 6.97. The van der Waals surface area contributed by atoms with E-state index < -0.39 is 4.92 Å². The second kappa shape index (κ2) is 7.40. The average Bonchev–Trinajstić information content (AvgIpc) is 3.19. The van der Waals surface area contributed by atoms with E-state index in [1.165, 1.54) is 17.1 Å². The van der Waals surface area contributed by atoms with E-state index in [2.05, 4.69) is 10.2 Å². The molecule has 30 heavy (non-hydrogen) atoms. The first kappa shape index (κ1) is 19.3. The van der Waals surface area contributed by atoms with E-state index in [1.54, 1.807) is 29.8 Å². The molecule has 0 saturated heterocycles. The SMILES string of the molecule is CC1=NN(c2ccccc2)C(=O)/C1=C\c1c(C)nn(-c2cccc([N+](=O)[O-])c2)c1C. The number of aryl methyl sites for hydroxylation is 1. The van der Waals surface area contributed by atoms with Gasteiger partial charge in [0.15, 0.2) is 0 Å². The molecule has 8 heteroatoms. The van der Waals surface area contributed by atoms with Gasteiger partial charge in [-0.25, -0.2) is 4.68 Å². The fourth-order valence-corrected chi connectivity index (χ4v) is 3.43. The molecular weight excluding hydrogens is 382 g/mol. The minimum Gasteiger partial charge on any atom is -0.267 e. The number of benzene rings is 2. The van der Waals surface area contributed by atoms with Gasteiger partial charge in [-0.3, -0.25) is 14.9 Å². The van der Waals surface area contributed by atoms with E-state index in [0.717, 1.165) is 11.3 Å². The topological polar surface area (TPSA) is 93.6 Å². The third kappa shape index (κ3) is 3.28. The van der Waals surface area contributed by atoms with Gasteiger partial charge in [0.2, 0.25) is 0 Å². The minimum absolute atomic E-state index is 0.00703. The molecule has 1 aromatic heterocycles. The molecule has 8 nitrogen and oxygen atoms in total. The third-order valence-electron chi connectivity index (χ3n) is 4.98. The van der Waals surface area contributed by atoms with Crippen molar-refractivity contribution in [3.63, 3.8) is 0 Å². The van der Waals surface area contributed by atoms with Crippen molar-refractivity contribution in [2.75, 3.05) is 5.01 Å². The van der Waals surface area contributed by atoms with Crippen molar-refractivity contribution in [3.05, 3.63) is 87.2 Å². The second-order valence-corrected chi connectivity index (χ2v) is 6.97. The summed E-state index contributed by atoms with van der Waals surface area (Å²) in [6.45, 7) is 5.50. The zero-order chi connectivity index (χ0) is 21.4. The van der Waals surface area contributed by atoms with Gasteiger partial charge in [-0.1, -0.05) is 24.3 Å². The van der Waals surface area contributed by atoms with Crippen LogP contribution < -0.4 is 5.01 Å². The molecular formula is C22H19N5O3. The van der Waals surface area contributed by atoms with E-state index >= 15 is 0 Å². The summed E-state index contributed by atoms with van der Waals surface area (Å²) >= 11 is 0. The number of rotatable bonds is 4. The largest absolute Gasteiger partial charge is 0.280 e. The number of nitrogens with zero attached hydrogens (tertiary/aromatic N) is 5. The van der Waals surface area contributed by atoms with Crippen molar-refractivity contribution in [2.45, 2.75) is 20.8 Å². The molecule has 2 aromatic carbocycles. The fraction of sp³-hybridized carbons (Fsp3) is 0.136. The lowest BCUT2D eigenvalue weighted by Crippen LogP contribution is -2.21. The lowest BCUT2D eigenvalue weighted by atomic mass is 10.1. The van der Waals surface area contributed by atoms with E-state index in [0.29, 0.717) is 28.4 Å². The van der Waals surface area contributed by atoms with Crippen LogP contribution in [0.1, 0.15) is 23.9 Å².